The van der Waals surface area contributed by atoms with Gasteiger partial charge in [-0.05, 0) is 37.6 Å². The van der Waals surface area contributed by atoms with Gasteiger partial charge in [0.1, 0.15) is 17.4 Å². The van der Waals surface area contributed by atoms with E-state index >= 15 is 0 Å². The minimum Gasteiger partial charge on any atom is -0.329 e. The van der Waals surface area contributed by atoms with Gasteiger partial charge in [-0.1, -0.05) is 73.0 Å². The van der Waals surface area contributed by atoms with Gasteiger partial charge in [-0.3, -0.25) is 19.7 Å². The Kier molecular flexibility index (Phi) is 8.73. The number of rotatable bonds is 10. The number of hydrogen-bond acceptors (Lipinski definition) is 5. The summed E-state index contributed by atoms with van der Waals surface area (Å²) in [6, 6.07) is 23.0. The fraction of sp³-hybridized carbons (Fsp3) is 0.207. The second-order valence-electron chi connectivity index (χ2n) is 9.08. The smallest absolute Gasteiger partial charge is 0.288 e. The van der Waals surface area contributed by atoms with Crippen molar-refractivity contribution in [2.45, 2.75) is 26.7 Å². The highest BCUT2D eigenvalue weighted by Gasteiger charge is 2.23. The van der Waals surface area contributed by atoms with Crippen LogP contribution in [0.4, 0.5) is 11.5 Å². The fourth-order valence-electron chi connectivity index (χ4n) is 4.03. The number of nitrogens with one attached hydrogen (secondary N) is 1. The van der Waals surface area contributed by atoms with Crippen LogP contribution in [0.1, 0.15) is 35.7 Å². The Morgan fingerprint density at radius 2 is 1.77 bits per heavy atom. The first-order chi connectivity index (χ1) is 18.8. The average Bonchev–Trinajstić information content (AvgIpc) is 3.35. The molecule has 0 aliphatic carbocycles. The first-order valence-corrected chi connectivity index (χ1v) is 12.9. The Morgan fingerprint density at radius 3 is 2.44 bits per heavy atom. The largest absolute Gasteiger partial charge is 0.329 e. The molecule has 1 aromatic heterocycles. The van der Waals surface area contributed by atoms with E-state index in [4.69, 9.17) is 16.7 Å². The van der Waals surface area contributed by atoms with Gasteiger partial charge < -0.3 is 10.2 Å². The molecule has 39 heavy (non-hydrogen) atoms. The number of nitrogens with zero attached hydrogens (tertiary/aromatic N) is 4. The molecule has 0 bridgehead atoms. The summed E-state index contributed by atoms with van der Waals surface area (Å²) >= 11 is 5.91. The van der Waals surface area contributed by atoms with Crippen LogP contribution in [-0.2, 0) is 4.79 Å². The highest BCUT2D eigenvalue weighted by molar-refractivity contribution is 6.32. The van der Waals surface area contributed by atoms with Crippen molar-refractivity contribution < 1.29 is 14.5 Å². The lowest BCUT2D eigenvalue weighted by Gasteiger charge is -2.22. The van der Waals surface area contributed by atoms with Crippen LogP contribution in [0.25, 0.3) is 16.9 Å². The zero-order valence-corrected chi connectivity index (χ0v) is 22.4. The molecule has 0 aliphatic heterocycles. The van der Waals surface area contributed by atoms with E-state index < -0.39 is 16.7 Å². The summed E-state index contributed by atoms with van der Waals surface area (Å²) in [6.07, 6.45) is 1.46. The van der Waals surface area contributed by atoms with Crippen molar-refractivity contribution in [3.05, 3.63) is 105 Å². The maximum absolute atomic E-state index is 13.3. The number of anilines is 1. The van der Waals surface area contributed by atoms with Crippen molar-refractivity contribution in [2.75, 3.05) is 18.4 Å². The standard InChI is InChI=1S/C29H28ClN5O4/c1-3-4-16-33(29(37)22-12-15-24(30)26(17-22)35(38)39)19-28(36)31-27-18-25(21-8-6-5-7-9-21)32-34(27)23-13-10-20(2)11-14-23/h5-15,17-18H,3-4,16,19H2,1-2H3,(H,31,36). The van der Waals surface area contributed by atoms with E-state index in [1.54, 1.807) is 10.7 Å². The third-order valence-electron chi connectivity index (χ3n) is 6.12. The van der Waals surface area contributed by atoms with E-state index in [-0.39, 0.29) is 22.8 Å². The SMILES string of the molecule is CCCCN(CC(=O)Nc1cc(-c2ccccc2)nn1-c1ccc(C)cc1)C(=O)c1ccc(Cl)c([N+](=O)[O-])c1. The second kappa shape index (κ2) is 12.4. The van der Waals surface area contributed by atoms with E-state index in [1.165, 1.54) is 17.0 Å². The number of benzene rings is 3. The molecule has 3 aromatic carbocycles. The van der Waals surface area contributed by atoms with E-state index in [1.807, 2.05) is 68.4 Å². The molecule has 0 saturated carbocycles. The number of nitro groups is 1. The second-order valence-corrected chi connectivity index (χ2v) is 9.49. The summed E-state index contributed by atoms with van der Waals surface area (Å²) in [6.45, 7) is 4.03. The highest BCUT2D eigenvalue weighted by atomic mass is 35.5. The van der Waals surface area contributed by atoms with Gasteiger partial charge in [0.15, 0.2) is 0 Å². The number of carbonyl (C=O) groups is 2. The Hall–Kier alpha value is -4.50. The zero-order chi connectivity index (χ0) is 27.9. The van der Waals surface area contributed by atoms with Gasteiger partial charge in [-0.15, -0.1) is 0 Å². The van der Waals surface area contributed by atoms with Gasteiger partial charge in [-0.2, -0.15) is 5.10 Å². The predicted octanol–water partition coefficient (Wildman–Crippen LogP) is 6.29. The molecule has 0 unspecified atom stereocenters. The molecule has 4 aromatic rings. The van der Waals surface area contributed by atoms with E-state index in [2.05, 4.69) is 5.32 Å². The number of carbonyl (C=O) groups excluding carboxylic acids is 2. The molecule has 1 heterocycles. The summed E-state index contributed by atoms with van der Waals surface area (Å²) in [5.74, 6) is -0.459. The van der Waals surface area contributed by atoms with E-state index in [0.29, 0.717) is 24.5 Å². The molecule has 0 spiro atoms. The summed E-state index contributed by atoms with van der Waals surface area (Å²) in [7, 11) is 0. The van der Waals surface area contributed by atoms with Crippen LogP contribution in [0.2, 0.25) is 5.02 Å². The summed E-state index contributed by atoms with van der Waals surface area (Å²) in [5.41, 5.74) is 3.16. The van der Waals surface area contributed by atoms with Crippen molar-refractivity contribution in [1.82, 2.24) is 14.7 Å². The Labute approximate surface area is 231 Å². The molecule has 4 rings (SSSR count). The number of aromatic nitrogens is 2. The minimum atomic E-state index is -0.640. The molecule has 0 fully saturated rings. The molecule has 200 valence electrons. The molecule has 0 radical (unpaired) electrons. The van der Waals surface area contributed by atoms with Gasteiger partial charge >= 0.3 is 0 Å². The van der Waals surface area contributed by atoms with Crippen LogP contribution in [0.3, 0.4) is 0 Å². The van der Waals surface area contributed by atoms with Gasteiger partial charge in [0, 0.05) is 29.8 Å². The summed E-state index contributed by atoms with van der Waals surface area (Å²) in [4.78, 5) is 38.6. The number of unbranched alkanes of at least 4 members (excludes halogenated alkanes) is 1. The minimum absolute atomic E-state index is 0.0620. The Morgan fingerprint density at radius 1 is 1.05 bits per heavy atom. The quantitative estimate of drug-likeness (QED) is 0.186. The molecule has 1 N–H and O–H groups in total. The van der Waals surface area contributed by atoms with Crippen molar-refractivity contribution in [1.29, 1.82) is 0 Å². The average molecular weight is 546 g/mol. The van der Waals surface area contributed by atoms with Crippen LogP contribution in [0, 0.1) is 17.0 Å². The Bertz CT molecular complexity index is 1490. The molecule has 0 atom stereocenters. The summed E-state index contributed by atoms with van der Waals surface area (Å²) in [5, 5.41) is 18.9. The van der Waals surface area contributed by atoms with Crippen molar-refractivity contribution >= 4 is 34.9 Å². The zero-order valence-electron chi connectivity index (χ0n) is 21.6. The van der Waals surface area contributed by atoms with Crippen LogP contribution >= 0.6 is 11.6 Å². The van der Waals surface area contributed by atoms with Gasteiger partial charge in [0.2, 0.25) is 5.91 Å². The lowest BCUT2D eigenvalue weighted by atomic mass is 10.1. The molecule has 2 amide bonds. The molecule has 0 aliphatic rings. The van der Waals surface area contributed by atoms with Gasteiger partial charge in [0.05, 0.1) is 16.3 Å². The van der Waals surface area contributed by atoms with Crippen LogP contribution in [0.5, 0.6) is 0 Å². The third kappa shape index (κ3) is 6.69. The predicted molar refractivity (Wildman–Crippen MR) is 151 cm³/mol. The highest BCUT2D eigenvalue weighted by Crippen LogP contribution is 2.27. The fourth-order valence-corrected chi connectivity index (χ4v) is 4.21. The maximum Gasteiger partial charge on any atom is 0.288 e. The number of aryl methyl sites for hydroxylation is 1. The number of amides is 2. The third-order valence-corrected chi connectivity index (χ3v) is 6.44. The van der Waals surface area contributed by atoms with Crippen LogP contribution < -0.4 is 5.32 Å². The topological polar surface area (TPSA) is 110 Å². The molecule has 0 saturated heterocycles. The maximum atomic E-state index is 13.3. The van der Waals surface area contributed by atoms with Crippen LogP contribution in [0.15, 0.2) is 78.9 Å². The van der Waals surface area contributed by atoms with Crippen molar-refractivity contribution in [3.63, 3.8) is 0 Å². The Balaban J connectivity index is 1.61. The number of hydrogen-bond donors (Lipinski definition) is 1. The first kappa shape index (κ1) is 27.5. The number of halogens is 1. The molecular formula is C29H28ClN5O4. The van der Waals surface area contributed by atoms with E-state index in [0.717, 1.165) is 29.3 Å². The van der Waals surface area contributed by atoms with Crippen molar-refractivity contribution in [2.24, 2.45) is 0 Å². The monoisotopic (exact) mass is 545 g/mol. The molecular weight excluding hydrogens is 518 g/mol. The lowest BCUT2D eigenvalue weighted by molar-refractivity contribution is -0.384. The molecule has 10 heteroatoms. The van der Waals surface area contributed by atoms with Gasteiger partial charge in [0.25, 0.3) is 11.6 Å². The lowest BCUT2D eigenvalue weighted by Crippen LogP contribution is -2.39. The summed E-state index contributed by atoms with van der Waals surface area (Å²) < 4.78 is 1.65. The normalized spacial score (nSPS) is 10.7. The molecule has 9 nitrogen and oxygen atoms in total. The number of nitro benzene ring substituents is 1. The van der Waals surface area contributed by atoms with Crippen LogP contribution in [-0.4, -0.2) is 44.5 Å². The van der Waals surface area contributed by atoms with Crippen molar-refractivity contribution in [3.8, 4) is 16.9 Å². The van der Waals surface area contributed by atoms with Gasteiger partial charge in [-0.25, -0.2) is 4.68 Å². The first-order valence-electron chi connectivity index (χ1n) is 12.5. The van der Waals surface area contributed by atoms with E-state index in [9.17, 15) is 19.7 Å².